The van der Waals surface area contributed by atoms with Gasteiger partial charge < -0.3 is 10.1 Å². The zero-order chi connectivity index (χ0) is 16.1. The molecule has 0 aliphatic rings. The number of ether oxygens (including phenoxy) is 1. The Morgan fingerprint density at radius 3 is 2.27 bits per heavy atom. The first-order valence-corrected chi connectivity index (χ1v) is 7.28. The molecule has 2 aromatic carbocycles. The van der Waals surface area contributed by atoms with Crippen LogP contribution in [0.3, 0.4) is 0 Å². The van der Waals surface area contributed by atoms with Crippen molar-refractivity contribution in [3.05, 3.63) is 64.4 Å². The molecule has 0 fully saturated rings. The van der Waals surface area contributed by atoms with E-state index in [4.69, 9.17) is 4.74 Å². The average Bonchev–Trinajstić information content (AvgIpc) is 2.50. The van der Waals surface area contributed by atoms with Crippen LogP contribution in [-0.2, 0) is 9.53 Å². The first kappa shape index (κ1) is 16.2. The predicted molar refractivity (Wildman–Crippen MR) is 84.0 cm³/mol. The number of rotatable bonds is 4. The molecular formula is C16H13BrFNO3. The molecule has 6 heteroatoms. The fraction of sp³-hybridized carbons (Fsp3) is 0.125. The number of hydrogen-bond donors (Lipinski definition) is 1. The van der Waals surface area contributed by atoms with E-state index in [1.165, 1.54) is 19.1 Å². The minimum Gasteiger partial charge on any atom is -0.449 e. The molecule has 2 aromatic rings. The second kappa shape index (κ2) is 7.17. The van der Waals surface area contributed by atoms with Crippen molar-refractivity contribution >= 4 is 33.5 Å². The van der Waals surface area contributed by atoms with Crippen molar-refractivity contribution in [2.45, 2.75) is 13.0 Å². The number of benzene rings is 2. The molecule has 0 aliphatic carbocycles. The smallest absolute Gasteiger partial charge is 0.338 e. The number of carbonyl (C=O) groups is 2. The minimum atomic E-state index is -0.971. The Morgan fingerprint density at radius 1 is 1.09 bits per heavy atom. The Hall–Kier alpha value is -2.21. The quantitative estimate of drug-likeness (QED) is 0.839. The predicted octanol–water partition coefficient (Wildman–Crippen LogP) is 3.77. The van der Waals surface area contributed by atoms with Crippen LogP contribution >= 0.6 is 15.9 Å². The number of amides is 1. The molecule has 4 nitrogen and oxygen atoms in total. The van der Waals surface area contributed by atoms with Gasteiger partial charge in [0.05, 0.1) is 5.56 Å². The second-order valence-corrected chi connectivity index (χ2v) is 5.47. The van der Waals surface area contributed by atoms with Crippen molar-refractivity contribution in [1.82, 2.24) is 0 Å². The van der Waals surface area contributed by atoms with Gasteiger partial charge in [-0.15, -0.1) is 0 Å². The third-order valence-electron chi connectivity index (χ3n) is 2.84. The van der Waals surface area contributed by atoms with Crippen LogP contribution in [0.2, 0.25) is 0 Å². The van der Waals surface area contributed by atoms with Gasteiger partial charge in [-0.25, -0.2) is 9.18 Å². The maximum absolute atomic E-state index is 12.8. The Morgan fingerprint density at radius 2 is 1.68 bits per heavy atom. The van der Waals surface area contributed by atoms with E-state index in [2.05, 4.69) is 21.2 Å². The molecule has 0 saturated carbocycles. The number of anilines is 1. The monoisotopic (exact) mass is 365 g/mol. The number of halogens is 2. The van der Waals surface area contributed by atoms with E-state index >= 15 is 0 Å². The van der Waals surface area contributed by atoms with Gasteiger partial charge in [-0.05, 0) is 55.5 Å². The highest BCUT2D eigenvalue weighted by Gasteiger charge is 2.19. The first-order valence-electron chi connectivity index (χ1n) is 6.48. The van der Waals surface area contributed by atoms with Gasteiger partial charge in [0.2, 0.25) is 0 Å². The molecule has 0 aliphatic heterocycles. The van der Waals surface area contributed by atoms with Crippen molar-refractivity contribution < 1.29 is 18.7 Å². The summed E-state index contributed by atoms with van der Waals surface area (Å²) < 4.78 is 18.7. The van der Waals surface area contributed by atoms with Gasteiger partial charge in [-0.1, -0.05) is 15.9 Å². The van der Waals surface area contributed by atoms with Crippen LogP contribution in [0.5, 0.6) is 0 Å². The van der Waals surface area contributed by atoms with Crippen LogP contribution in [0.4, 0.5) is 10.1 Å². The van der Waals surface area contributed by atoms with Crippen molar-refractivity contribution in [3.8, 4) is 0 Å². The van der Waals surface area contributed by atoms with Gasteiger partial charge in [0.25, 0.3) is 5.91 Å². The molecule has 1 N–H and O–H groups in total. The lowest BCUT2D eigenvalue weighted by molar-refractivity contribution is -0.123. The van der Waals surface area contributed by atoms with E-state index in [9.17, 15) is 14.0 Å². The van der Waals surface area contributed by atoms with Crippen molar-refractivity contribution in [3.63, 3.8) is 0 Å². The first-order chi connectivity index (χ1) is 10.5. The van der Waals surface area contributed by atoms with Crippen molar-refractivity contribution in [1.29, 1.82) is 0 Å². The standard InChI is InChI=1S/C16H13BrFNO3/c1-10(15(20)19-14-8-4-12(17)5-9-14)22-16(21)11-2-6-13(18)7-3-11/h2-10H,1H3,(H,19,20). The Balaban J connectivity index is 1.94. The Kier molecular flexibility index (Phi) is 5.27. The van der Waals surface area contributed by atoms with Crippen LogP contribution in [0.1, 0.15) is 17.3 Å². The highest BCUT2D eigenvalue weighted by Crippen LogP contribution is 2.15. The summed E-state index contributed by atoms with van der Waals surface area (Å²) in [4.78, 5) is 23.8. The van der Waals surface area contributed by atoms with E-state index in [0.29, 0.717) is 5.69 Å². The van der Waals surface area contributed by atoms with E-state index in [0.717, 1.165) is 16.6 Å². The van der Waals surface area contributed by atoms with E-state index in [1.807, 2.05) is 0 Å². The van der Waals surface area contributed by atoms with Crippen LogP contribution in [-0.4, -0.2) is 18.0 Å². The normalized spacial score (nSPS) is 11.6. The third-order valence-corrected chi connectivity index (χ3v) is 3.37. The van der Waals surface area contributed by atoms with Crippen LogP contribution in [0.15, 0.2) is 53.0 Å². The average molecular weight is 366 g/mol. The summed E-state index contributed by atoms with van der Waals surface area (Å²) in [5.74, 6) is -1.58. The van der Waals surface area contributed by atoms with Gasteiger partial charge in [0, 0.05) is 10.2 Å². The lowest BCUT2D eigenvalue weighted by Crippen LogP contribution is -2.30. The van der Waals surface area contributed by atoms with Gasteiger partial charge in [0.1, 0.15) is 5.82 Å². The summed E-state index contributed by atoms with van der Waals surface area (Å²) in [6, 6.07) is 11.9. The summed E-state index contributed by atoms with van der Waals surface area (Å²) in [5, 5.41) is 2.64. The van der Waals surface area contributed by atoms with Gasteiger partial charge in [-0.2, -0.15) is 0 Å². The largest absolute Gasteiger partial charge is 0.449 e. The van der Waals surface area contributed by atoms with Crippen molar-refractivity contribution in [2.24, 2.45) is 0 Å². The number of nitrogens with one attached hydrogen (secondary N) is 1. The SMILES string of the molecule is CC(OC(=O)c1ccc(F)cc1)C(=O)Nc1ccc(Br)cc1. The fourth-order valence-corrected chi connectivity index (χ4v) is 1.91. The molecule has 114 valence electrons. The fourth-order valence-electron chi connectivity index (χ4n) is 1.65. The molecule has 0 spiro atoms. The van der Waals surface area contributed by atoms with Gasteiger partial charge >= 0.3 is 5.97 Å². The summed E-state index contributed by atoms with van der Waals surface area (Å²) >= 11 is 3.30. The molecule has 2 rings (SSSR count). The molecule has 0 radical (unpaired) electrons. The summed E-state index contributed by atoms with van der Waals surface area (Å²) in [5.41, 5.74) is 0.780. The molecule has 0 heterocycles. The maximum Gasteiger partial charge on any atom is 0.338 e. The van der Waals surface area contributed by atoms with Gasteiger partial charge in [0.15, 0.2) is 6.10 Å². The van der Waals surface area contributed by atoms with E-state index in [1.54, 1.807) is 24.3 Å². The molecule has 0 aromatic heterocycles. The molecule has 0 saturated heterocycles. The Labute approximate surface area is 135 Å². The molecule has 0 bridgehead atoms. The third kappa shape index (κ3) is 4.39. The van der Waals surface area contributed by atoms with E-state index in [-0.39, 0.29) is 5.56 Å². The summed E-state index contributed by atoms with van der Waals surface area (Å²) in [6.07, 6.45) is -0.971. The molecule has 22 heavy (non-hydrogen) atoms. The van der Waals surface area contributed by atoms with Crippen LogP contribution in [0, 0.1) is 5.82 Å². The molecule has 1 atom stereocenters. The highest BCUT2D eigenvalue weighted by atomic mass is 79.9. The van der Waals surface area contributed by atoms with Crippen LogP contribution in [0.25, 0.3) is 0 Å². The second-order valence-electron chi connectivity index (χ2n) is 4.55. The number of carbonyl (C=O) groups excluding carboxylic acids is 2. The van der Waals surface area contributed by atoms with Gasteiger partial charge in [-0.3, -0.25) is 4.79 Å². The van der Waals surface area contributed by atoms with Crippen LogP contribution < -0.4 is 5.32 Å². The lowest BCUT2D eigenvalue weighted by atomic mass is 10.2. The summed E-state index contributed by atoms with van der Waals surface area (Å²) in [7, 11) is 0. The molecular weight excluding hydrogens is 353 g/mol. The lowest BCUT2D eigenvalue weighted by Gasteiger charge is -2.13. The minimum absolute atomic E-state index is 0.185. The Bertz CT molecular complexity index is 671. The number of hydrogen-bond acceptors (Lipinski definition) is 3. The topological polar surface area (TPSA) is 55.4 Å². The molecule has 1 unspecified atom stereocenters. The maximum atomic E-state index is 12.8. The zero-order valence-corrected chi connectivity index (χ0v) is 13.3. The zero-order valence-electron chi connectivity index (χ0n) is 11.7. The van der Waals surface area contributed by atoms with Crippen molar-refractivity contribution in [2.75, 3.05) is 5.32 Å². The van der Waals surface area contributed by atoms with E-state index < -0.39 is 23.8 Å². The highest BCUT2D eigenvalue weighted by molar-refractivity contribution is 9.10. The number of esters is 1. The summed E-state index contributed by atoms with van der Waals surface area (Å²) in [6.45, 7) is 1.47. The molecule has 1 amide bonds.